The van der Waals surface area contributed by atoms with Crippen LogP contribution in [0.2, 0.25) is 5.02 Å². The second-order valence-corrected chi connectivity index (χ2v) is 13.3. The molecular weight excluding hydrogens is 598 g/mol. The monoisotopic (exact) mass is 625 g/mol. The number of benzene rings is 7. The summed E-state index contributed by atoms with van der Waals surface area (Å²) in [6.45, 7) is 0. The molecule has 9 rings (SSSR count). The summed E-state index contributed by atoms with van der Waals surface area (Å²) in [6.07, 6.45) is 0. The van der Waals surface area contributed by atoms with Crippen molar-refractivity contribution in [1.82, 2.24) is 0 Å². The molecule has 0 saturated heterocycles. The van der Waals surface area contributed by atoms with Crippen LogP contribution in [0.4, 0.5) is 17.1 Å². The van der Waals surface area contributed by atoms with E-state index in [1.165, 1.54) is 53.6 Å². The first-order valence-corrected chi connectivity index (χ1v) is 16.7. The molecule has 3 heteroatoms. The van der Waals surface area contributed by atoms with Gasteiger partial charge in [0.05, 0.1) is 16.1 Å². The number of nitrogens with zero attached hydrogens (tertiary/aromatic N) is 1. The van der Waals surface area contributed by atoms with Crippen molar-refractivity contribution in [1.29, 1.82) is 0 Å². The summed E-state index contributed by atoms with van der Waals surface area (Å²) in [5.41, 5.74) is 10.3. The fourth-order valence-corrected chi connectivity index (χ4v) is 8.93. The predicted molar refractivity (Wildman–Crippen MR) is 196 cm³/mol. The molecule has 0 unspecified atom stereocenters. The van der Waals surface area contributed by atoms with Gasteiger partial charge in [-0.15, -0.1) is 11.3 Å². The molecule has 0 amide bonds. The lowest BCUT2D eigenvalue weighted by Crippen LogP contribution is -2.28. The molecule has 8 aromatic rings. The van der Waals surface area contributed by atoms with Crippen molar-refractivity contribution >= 4 is 60.2 Å². The number of thiophene rings is 1. The van der Waals surface area contributed by atoms with Crippen LogP contribution >= 0.6 is 22.9 Å². The van der Waals surface area contributed by atoms with E-state index in [1.54, 1.807) is 11.3 Å². The Labute approximate surface area is 277 Å². The van der Waals surface area contributed by atoms with Crippen LogP contribution in [0.1, 0.15) is 22.3 Å². The van der Waals surface area contributed by atoms with Crippen LogP contribution in [0.15, 0.2) is 170 Å². The van der Waals surface area contributed by atoms with Gasteiger partial charge in [0.1, 0.15) is 0 Å². The number of rotatable bonds is 5. The Morgan fingerprint density at radius 2 is 1.07 bits per heavy atom. The first kappa shape index (κ1) is 27.2. The summed E-state index contributed by atoms with van der Waals surface area (Å²) in [5.74, 6) is 0. The van der Waals surface area contributed by atoms with Gasteiger partial charge in [-0.25, -0.2) is 0 Å². The minimum atomic E-state index is -0.434. The van der Waals surface area contributed by atoms with Crippen molar-refractivity contribution in [3.8, 4) is 11.1 Å². The third-order valence-corrected chi connectivity index (χ3v) is 10.8. The smallest absolute Gasteiger partial charge is 0.0713 e. The highest BCUT2D eigenvalue weighted by molar-refractivity contribution is 7.25. The highest BCUT2D eigenvalue weighted by Gasteiger charge is 2.46. The molecule has 0 spiro atoms. The summed E-state index contributed by atoms with van der Waals surface area (Å²) in [5, 5.41) is 3.21. The van der Waals surface area contributed by atoms with E-state index in [2.05, 4.69) is 175 Å². The molecule has 0 N–H and O–H groups in total. The quantitative estimate of drug-likeness (QED) is 0.184. The number of para-hydroxylation sites is 1. The standard InChI is InChI=1S/C43H28ClNS/c44-39-28-42-36(34-21-11-13-23-41(34)46-42)27-40(39)45(31-18-8-3-9-19-31)32-24-25-38-35(26-32)33-20-10-12-22-37(33)43(38,29-14-4-1-5-15-29)30-16-6-2-7-17-30/h1-28H. The van der Waals surface area contributed by atoms with Crippen molar-refractivity contribution in [3.63, 3.8) is 0 Å². The lowest BCUT2D eigenvalue weighted by molar-refractivity contribution is 0.768. The highest BCUT2D eigenvalue weighted by Crippen LogP contribution is 2.57. The van der Waals surface area contributed by atoms with Gasteiger partial charge in [0.2, 0.25) is 0 Å². The predicted octanol–water partition coefficient (Wildman–Crippen LogP) is 12.5. The first-order chi connectivity index (χ1) is 22.7. The lowest BCUT2D eigenvalue weighted by Gasteiger charge is -2.34. The maximum atomic E-state index is 7.19. The molecule has 218 valence electrons. The average Bonchev–Trinajstić information content (AvgIpc) is 3.62. The largest absolute Gasteiger partial charge is 0.309 e. The van der Waals surface area contributed by atoms with E-state index in [-0.39, 0.29) is 0 Å². The van der Waals surface area contributed by atoms with Crippen LogP contribution in [0.5, 0.6) is 0 Å². The van der Waals surface area contributed by atoms with Gasteiger partial charge in [0, 0.05) is 31.5 Å². The van der Waals surface area contributed by atoms with Crippen molar-refractivity contribution in [2.24, 2.45) is 0 Å². The van der Waals surface area contributed by atoms with Crippen LogP contribution in [0.3, 0.4) is 0 Å². The van der Waals surface area contributed by atoms with Crippen molar-refractivity contribution in [3.05, 3.63) is 197 Å². The molecule has 1 aromatic heterocycles. The molecule has 1 aliphatic rings. The van der Waals surface area contributed by atoms with Gasteiger partial charge in [0.15, 0.2) is 0 Å². The zero-order valence-electron chi connectivity index (χ0n) is 24.9. The molecule has 0 atom stereocenters. The van der Waals surface area contributed by atoms with Gasteiger partial charge in [-0.05, 0) is 75.8 Å². The second-order valence-electron chi connectivity index (χ2n) is 11.8. The van der Waals surface area contributed by atoms with Crippen LogP contribution in [0.25, 0.3) is 31.3 Å². The fourth-order valence-electron chi connectivity index (χ4n) is 7.49. The van der Waals surface area contributed by atoms with Crippen LogP contribution in [-0.4, -0.2) is 0 Å². The van der Waals surface area contributed by atoms with E-state index in [0.717, 1.165) is 22.1 Å². The van der Waals surface area contributed by atoms with E-state index in [4.69, 9.17) is 11.6 Å². The Morgan fingerprint density at radius 3 is 1.80 bits per heavy atom. The second kappa shape index (κ2) is 10.7. The van der Waals surface area contributed by atoms with E-state index >= 15 is 0 Å². The molecule has 1 heterocycles. The van der Waals surface area contributed by atoms with Crippen molar-refractivity contribution < 1.29 is 0 Å². The number of halogens is 1. The van der Waals surface area contributed by atoms with E-state index in [9.17, 15) is 0 Å². The van der Waals surface area contributed by atoms with Gasteiger partial charge in [0.25, 0.3) is 0 Å². The van der Waals surface area contributed by atoms with E-state index in [1.807, 2.05) is 0 Å². The summed E-state index contributed by atoms with van der Waals surface area (Å²) in [6, 6.07) is 61.3. The van der Waals surface area contributed by atoms with Crippen LogP contribution in [-0.2, 0) is 5.41 Å². The SMILES string of the molecule is Clc1cc2sc3ccccc3c2cc1N(c1ccccc1)c1ccc2c(c1)-c1ccccc1C2(c1ccccc1)c1ccccc1. The zero-order valence-corrected chi connectivity index (χ0v) is 26.5. The molecule has 0 aliphatic heterocycles. The molecule has 1 nitrogen and oxygen atoms in total. The Morgan fingerprint density at radius 1 is 0.457 bits per heavy atom. The fraction of sp³-hybridized carbons (Fsp3) is 0.0233. The highest BCUT2D eigenvalue weighted by atomic mass is 35.5. The first-order valence-electron chi connectivity index (χ1n) is 15.5. The minimum absolute atomic E-state index is 0.434. The Balaban J connectivity index is 1.32. The molecule has 7 aromatic carbocycles. The number of anilines is 3. The average molecular weight is 626 g/mol. The molecule has 0 saturated carbocycles. The minimum Gasteiger partial charge on any atom is -0.309 e. The normalized spacial score (nSPS) is 13.1. The number of fused-ring (bicyclic) bond motifs is 6. The topological polar surface area (TPSA) is 3.24 Å². The third kappa shape index (κ3) is 4.01. The Hall–Kier alpha value is -5.15. The maximum absolute atomic E-state index is 7.19. The Kier molecular flexibility index (Phi) is 6.34. The molecule has 0 radical (unpaired) electrons. The van der Waals surface area contributed by atoms with Crippen molar-refractivity contribution in [2.45, 2.75) is 5.41 Å². The van der Waals surface area contributed by atoms with Gasteiger partial charge in [-0.1, -0.05) is 139 Å². The van der Waals surface area contributed by atoms with Gasteiger partial charge >= 0.3 is 0 Å². The molecule has 0 fully saturated rings. The number of hydrogen-bond acceptors (Lipinski definition) is 2. The van der Waals surface area contributed by atoms with Crippen molar-refractivity contribution in [2.75, 3.05) is 4.90 Å². The number of hydrogen-bond donors (Lipinski definition) is 0. The van der Waals surface area contributed by atoms with Crippen LogP contribution in [0, 0.1) is 0 Å². The van der Waals surface area contributed by atoms with Gasteiger partial charge < -0.3 is 4.90 Å². The van der Waals surface area contributed by atoms with Crippen LogP contribution < -0.4 is 4.90 Å². The lowest BCUT2D eigenvalue weighted by atomic mass is 9.68. The molecule has 46 heavy (non-hydrogen) atoms. The van der Waals surface area contributed by atoms with E-state index in [0.29, 0.717) is 0 Å². The summed E-state index contributed by atoms with van der Waals surface area (Å²) >= 11 is 8.98. The zero-order chi connectivity index (χ0) is 30.7. The molecule has 1 aliphatic carbocycles. The summed E-state index contributed by atoms with van der Waals surface area (Å²) < 4.78 is 2.46. The third-order valence-electron chi connectivity index (χ3n) is 9.40. The summed E-state index contributed by atoms with van der Waals surface area (Å²) in [4.78, 5) is 2.31. The van der Waals surface area contributed by atoms with E-state index < -0.39 is 5.41 Å². The van der Waals surface area contributed by atoms with Gasteiger partial charge in [-0.2, -0.15) is 0 Å². The maximum Gasteiger partial charge on any atom is 0.0713 e. The molecular formula is C43H28ClNS. The summed E-state index contributed by atoms with van der Waals surface area (Å²) in [7, 11) is 0. The molecule has 0 bridgehead atoms. The Bertz CT molecular complexity index is 2340. The van der Waals surface area contributed by atoms with Gasteiger partial charge in [-0.3, -0.25) is 0 Å².